The van der Waals surface area contributed by atoms with Gasteiger partial charge in [0, 0.05) is 18.3 Å². The minimum absolute atomic E-state index is 0.752. The lowest BCUT2D eigenvalue weighted by atomic mass is 9.90. The van der Waals surface area contributed by atoms with Crippen LogP contribution in [0.25, 0.3) is 0 Å². The highest BCUT2D eigenvalue weighted by Gasteiger charge is 2.38. The molecule has 1 unspecified atom stereocenters. The van der Waals surface area contributed by atoms with Gasteiger partial charge >= 0.3 is 0 Å². The molecule has 2 aromatic rings. The van der Waals surface area contributed by atoms with E-state index in [4.69, 9.17) is 0 Å². The molecule has 3 rings (SSSR count). The highest BCUT2D eigenvalue weighted by molar-refractivity contribution is 5.43. The van der Waals surface area contributed by atoms with E-state index in [9.17, 15) is 5.11 Å². The second-order valence-electron chi connectivity index (χ2n) is 4.60. The summed E-state index contributed by atoms with van der Waals surface area (Å²) in [6.07, 6.45) is 5.42. The van der Waals surface area contributed by atoms with E-state index < -0.39 is 5.60 Å². The Morgan fingerprint density at radius 3 is 3.00 bits per heavy atom. The lowest BCUT2D eigenvalue weighted by Gasteiger charge is -2.22. The summed E-state index contributed by atoms with van der Waals surface area (Å²) in [5, 5.41) is 15.1. The molecule has 1 N–H and O–H groups in total. The van der Waals surface area contributed by atoms with Crippen LogP contribution in [0.4, 0.5) is 0 Å². The fourth-order valence-corrected chi connectivity index (χ4v) is 2.64. The predicted molar refractivity (Wildman–Crippen MR) is 65.7 cm³/mol. The van der Waals surface area contributed by atoms with Crippen LogP contribution < -0.4 is 0 Å². The maximum atomic E-state index is 10.9. The Hall–Kier alpha value is -1.61. The quantitative estimate of drug-likeness (QED) is 0.854. The van der Waals surface area contributed by atoms with Crippen LogP contribution in [0.1, 0.15) is 30.0 Å². The van der Waals surface area contributed by atoms with Gasteiger partial charge in [0.2, 0.25) is 0 Å². The van der Waals surface area contributed by atoms with Gasteiger partial charge in [-0.1, -0.05) is 24.3 Å². The number of aliphatic hydroxyl groups is 1. The van der Waals surface area contributed by atoms with E-state index in [-0.39, 0.29) is 0 Å². The van der Waals surface area contributed by atoms with Crippen LogP contribution >= 0.6 is 0 Å². The highest BCUT2D eigenvalue weighted by Crippen LogP contribution is 2.41. The molecule has 1 aromatic heterocycles. The van der Waals surface area contributed by atoms with Crippen molar-refractivity contribution in [3.63, 3.8) is 0 Å². The molecule has 1 aromatic carbocycles. The Kier molecular flexibility index (Phi) is 2.30. The zero-order valence-corrected chi connectivity index (χ0v) is 9.93. The molecule has 0 fully saturated rings. The average Bonchev–Trinajstić information content (AvgIpc) is 2.96. The average molecular weight is 228 g/mol. The third-order valence-corrected chi connectivity index (χ3v) is 3.65. The van der Waals surface area contributed by atoms with Crippen molar-refractivity contribution in [1.82, 2.24) is 9.78 Å². The third-order valence-electron chi connectivity index (χ3n) is 3.65. The number of hydrogen-bond donors (Lipinski definition) is 1. The molecule has 0 saturated carbocycles. The molecule has 17 heavy (non-hydrogen) atoms. The smallest absolute Gasteiger partial charge is 0.118 e. The first-order valence-electron chi connectivity index (χ1n) is 6.08. The maximum Gasteiger partial charge on any atom is 0.118 e. The van der Waals surface area contributed by atoms with Crippen molar-refractivity contribution in [2.75, 3.05) is 0 Å². The van der Waals surface area contributed by atoms with E-state index in [1.807, 2.05) is 36.0 Å². The fourth-order valence-electron chi connectivity index (χ4n) is 2.64. The summed E-state index contributed by atoms with van der Waals surface area (Å²) in [6.45, 7) is 2.88. The van der Waals surface area contributed by atoms with Crippen LogP contribution in [0.3, 0.4) is 0 Å². The molecule has 0 spiro atoms. The summed E-state index contributed by atoms with van der Waals surface area (Å²) in [5.41, 5.74) is 2.35. The minimum Gasteiger partial charge on any atom is -0.380 e. The molecule has 0 aliphatic heterocycles. The molecule has 0 bridgehead atoms. The van der Waals surface area contributed by atoms with E-state index in [1.165, 1.54) is 5.56 Å². The molecular formula is C14H16N2O. The van der Waals surface area contributed by atoms with Crippen LogP contribution in [0.15, 0.2) is 36.7 Å². The first-order chi connectivity index (χ1) is 8.24. The van der Waals surface area contributed by atoms with Gasteiger partial charge in [0.25, 0.3) is 0 Å². The number of fused-ring (bicyclic) bond motifs is 1. The number of nitrogens with zero attached hydrogens (tertiary/aromatic N) is 2. The van der Waals surface area contributed by atoms with E-state index >= 15 is 0 Å². The number of benzene rings is 1. The zero-order valence-electron chi connectivity index (χ0n) is 9.93. The van der Waals surface area contributed by atoms with Gasteiger partial charge in [-0.25, -0.2) is 0 Å². The van der Waals surface area contributed by atoms with Gasteiger partial charge in [0.15, 0.2) is 0 Å². The van der Waals surface area contributed by atoms with Gasteiger partial charge in [-0.3, -0.25) is 4.68 Å². The van der Waals surface area contributed by atoms with Crippen molar-refractivity contribution in [3.8, 4) is 0 Å². The van der Waals surface area contributed by atoms with Crippen molar-refractivity contribution in [1.29, 1.82) is 0 Å². The van der Waals surface area contributed by atoms with Crippen molar-refractivity contribution in [2.45, 2.75) is 31.9 Å². The standard InChI is InChI=1S/C14H16N2O/c1-2-16-10-12(9-15-16)14(17)8-7-11-5-3-4-6-13(11)14/h3-6,9-10,17H,2,7-8H2,1H3. The zero-order chi connectivity index (χ0) is 11.9. The Morgan fingerprint density at radius 2 is 2.24 bits per heavy atom. The molecule has 0 amide bonds. The Labute approximate surface area is 101 Å². The molecule has 1 atom stereocenters. The molecule has 1 heterocycles. The second kappa shape index (κ2) is 3.70. The van der Waals surface area contributed by atoms with Gasteiger partial charge in [-0.2, -0.15) is 5.10 Å². The van der Waals surface area contributed by atoms with Gasteiger partial charge < -0.3 is 5.11 Å². The van der Waals surface area contributed by atoms with Crippen LogP contribution in [0.2, 0.25) is 0 Å². The Balaban J connectivity index is 2.08. The summed E-state index contributed by atoms with van der Waals surface area (Å²) < 4.78 is 1.86. The monoisotopic (exact) mass is 228 g/mol. The molecule has 0 radical (unpaired) electrons. The molecule has 3 heteroatoms. The summed E-state index contributed by atoms with van der Waals surface area (Å²) in [7, 11) is 0. The predicted octanol–water partition coefficient (Wildman–Crippen LogP) is 2.09. The molecular weight excluding hydrogens is 212 g/mol. The number of hydrogen-bond acceptors (Lipinski definition) is 2. The lowest BCUT2D eigenvalue weighted by Crippen LogP contribution is -2.23. The van der Waals surface area contributed by atoms with Crippen molar-refractivity contribution >= 4 is 0 Å². The Bertz CT molecular complexity index is 547. The van der Waals surface area contributed by atoms with Crippen molar-refractivity contribution < 1.29 is 5.11 Å². The summed E-state index contributed by atoms with van der Waals surface area (Å²) in [4.78, 5) is 0. The molecule has 88 valence electrons. The van der Waals surface area contributed by atoms with Crippen LogP contribution in [0, 0.1) is 0 Å². The number of rotatable bonds is 2. The minimum atomic E-state index is -0.843. The van der Waals surface area contributed by atoms with Crippen molar-refractivity contribution in [3.05, 3.63) is 53.3 Å². The summed E-state index contributed by atoms with van der Waals surface area (Å²) in [5.74, 6) is 0. The van der Waals surface area contributed by atoms with Crippen molar-refractivity contribution in [2.24, 2.45) is 0 Å². The van der Waals surface area contributed by atoms with Gasteiger partial charge in [-0.15, -0.1) is 0 Å². The lowest BCUT2D eigenvalue weighted by molar-refractivity contribution is 0.0828. The van der Waals surface area contributed by atoms with Crippen LogP contribution in [-0.2, 0) is 18.6 Å². The van der Waals surface area contributed by atoms with Gasteiger partial charge in [0.1, 0.15) is 5.60 Å². The van der Waals surface area contributed by atoms with Gasteiger partial charge in [0.05, 0.1) is 6.20 Å². The van der Waals surface area contributed by atoms with E-state index in [1.54, 1.807) is 6.20 Å². The third kappa shape index (κ3) is 1.50. The molecule has 3 nitrogen and oxygen atoms in total. The second-order valence-corrected chi connectivity index (χ2v) is 4.60. The van der Waals surface area contributed by atoms with Crippen LogP contribution in [0.5, 0.6) is 0 Å². The number of aromatic nitrogens is 2. The van der Waals surface area contributed by atoms with Crippen LogP contribution in [-0.4, -0.2) is 14.9 Å². The summed E-state index contributed by atoms with van der Waals surface area (Å²) in [6, 6.07) is 8.13. The highest BCUT2D eigenvalue weighted by atomic mass is 16.3. The maximum absolute atomic E-state index is 10.9. The normalized spacial score (nSPS) is 22.7. The van der Waals surface area contributed by atoms with E-state index in [0.29, 0.717) is 0 Å². The van der Waals surface area contributed by atoms with E-state index in [2.05, 4.69) is 11.2 Å². The largest absolute Gasteiger partial charge is 0.380 e. The SMILES string of the molecule is CCn1cc(C2(O)CCc3ccccc32)cn1. The fraction of sp³-hybridized carbons (Fsp3) is 0.357. The summed E-state index contributed by atoms with van der Waals surface area (Å²) >= 11 is 0. The first-order valence-corrected chi connectivity index (χ1v) is 6.08. The van der Waals surface area contributed by atoms with E-state index in [0.717, 1.165) is 30.5 Å². The molecule has 0 saturated heterocycles. The van der Waals surface area contributed by atoms with Gasteiger partial charge in [-0.05, 0) is 30.9 Å². The molecule has 1 aliphatic carbocycles. The number of aryl methyl sites for hydroxylation is 2. The molecule has 1 aliphatic rings. The Morgan fingerprint density at radius 1 is 1.41 bits per heavy atom. The first kappa shape index (κ1) is 10.5. The topological polar surface area (TPSA) is 38.0 Å².